The molecule has 0 aromatic carbocycles. The zero-order valence-electron chi connectivity index (χ0n) is 12.7. The minimum absolute atomic E-state index is 0.160. The second kappa shape index (κ2) is 6.02. The van der Waals surface area contributed by atoms with Gasteiger partial charge in [-0.1, -0.05) is 13.0 Å². The highest BCUT2D eigenvalue weighted by atomic mass is 16.2. The van der Waals surface area contributed by atoms with Crippen LogP contribution in [0.5, 0.6) is 0 Å². The molecule has 1 aromatic rings. The van der Waals surface area contributed by atoms with E-state index < -0.39 is 0 Å². The lowest BCUT2D eigenvalue weighted by atomic mass is 9.82. The van der Waals surface area contributed by atoms with Crippen LogP contribution in [0.15, 0.2) is 24.4 Å². The van der Waals surface area contributed by atoms with Crippen LogP contribution >= 0.6 is 0 Å². The van der Waals surface area contributed by atoms with Gasteiger partial charge in [0.1, 0.15) is 5.82 Å². The summed E-state index contributed by atoms with van der Waals surface area (Å²) in [5, 5.41) is 3.35. The van der Waals surface area contributed by atoms with Crippen molar-refractivity contribution in [3.05, 3.63) is 24.4 Å². The van der Waals surface area contributed by atoms with Gasteiger partial charge in [0.2, 0.25) is 5.91 Å². The number of carbonyl (C=O) groups is 1. The SMILES string of the molecule is CCC1(C(=O)N2CCN(c3ccccn3)CC2)CCNC1. The highest BCUT2D eigenvalue weighted by molar-refractivity contribution is 5.83. The minimum Gasteiger partial charge on any atom is -0.353 e. The van der Waals surface area contributed by atoms with E-state index in [0.717, 1.165) is 57.9 Å². The number of nitrogens with zero attached hydrogens (tertiary/aromatic N) is 3. The van der Waals surface area contributed by atoms with Crippen molar-refractivity contribution in [2.24, 2.45) is 5.41 Å². The summed E-state index contributed by atoms with van der Waals surface area (Å²) < 4.78 is 0. The largest absolute Gasteiger partial charge is 0.353 e. The topological polar surface area (TPSA) is 48.5 Å². The van der Waals surface area contributed by atoms with Crippen molar-refractivity contribution >= 4 is 11.7 Å². The molecule has 0 aliphatic carbocycles. The maximum absolute atomic E-state index is 12.8. The number of amides is 1. The molecule has 3 heterocycles. The Morgan fingerprint density at radius 3 is 2.71 bits per heavy atom. The lowest BCUT2D eigenvalue weighted by Gasteiger charge is -2.39. The lowest BCUT2D eigenvalue weighted by molar-refractivity contribution is -0.141. The molecule has 2 saturated heterocycles. The smallest absolute Gasteiger partial charge is 0.230 e. The van der Waals surface area contributed by atoms with Crippen LogP contribution in [-0.2, 0) is 4.79 Å². The summed E-state index contributed by atoms with van der Waals surface area (Å²) in [5.74, 6) is 1.35. The molecule has 1 amide bonds. The second-order valence-electron chi connectivity index (χ2n) is 6.03. The highest BCUT2D eigenvalue weighted by Gasteiger charge is 2.42. The van der Waals surface area contributed by atoms with E-state index >= 15 is 0 Å². The summed E-state index contributed by atoms with van der Waals surface area (Å²) in [7, 11) is 0. The molecule has 2 aliphatic heterocycles. The Kier molecular flexibility index (Phi) is 4.10. The number of hydrogen-bond acceptors (Lipinski definition) is 4. The van der Waals surface area contributed by atoms with Crippen LogP contribution in [0, 0.1) is 5.41 Å². The number of carbonyl (C=O) groups excluding carboxylic acids is 1. The molecule has 5 nitrogen and oxygen atoms in total. The van der Waals surface area contributed by atoms with Crippen LogP contribution in [0.3, 0.4) is 0 Å². The summed E-state index contributed by atoms with van der Waals surface area (Å²) in [4.78, 5) is 21.6. The van der Waals surface area contributed by atoms with Gasteiger partial charge in [0.25, 0.3) is 0 Å². The van der Waals surface area contributed by atoms with Crippen molar-refractivity contribution in [2.75, 3.05) is 44.2 Å². The molecule has 3 rings (SSSR count). The van der Waals surface area contributed by atoms with Crippen molar-refractivity contribution < 1.29 is 4.79 Å². The number of pyridine rings is 1. The Balaban J connectivity index is 1.62. The number of nitrogens with one attached hydrogen (secondary N) is 1. The first-order valence-corrected chi connectivity index (χ1v) is 7.91. The number of aromatic nitrogens is 1. The first-order valence-electron chi connectivity index (χ1n) is 7.91. The van der Waals surface area contributed by atoms with Crippen molar-refractivity contribution in [2.45, 2.75) is 19.8 Å². The molecule has 1 atom stereocenters. The molecule has 0 spiro atoms. The van der Waals surface area contributed by atoms with Crippen LogP contribution < -0.4 is 10.2 Å². The zero-order valence-corrected chi connectivity index (χ0v) is 12.7. The van der Waals surface area contributed by atoms with Gasteiger partial charge in [-0.3, -0.25) is 4.79 Å². The third-order valence-corrected chi connectivity index (χ3v) is 4.91. The molecule has 114 valence electrons. The number of hydrogen-bond donors (Lipinski definition) is 1. The van der Waals surface area contributed by atoms with Crippen LogP contribution in [0.1, 0.15) is 19.8 Å². The number of piperazine rings is 1. The molecule has 2 aliphatic rings. The monoisotopic (exact) mass is 288 g/mol. The van der Waals surface area contributed by atoms with E-state index in [-0.39, 0.29) is 5.41 Å². The molecule has 1 N–H and O–H groups in total. The maximum atomic E-state index is 12.8. The van der Waals surface area contributed by atoms with Gasteiger partial charge in [-0.05, 0) is 31.5 Å². The van der Waals surface area contributed by atoms with Crippen molar-refractivity contribution in [3.63, 3.8) is 0 Å². The lowest BCUT2D eigenvalue weighted by Crippen LogP contribution is -2.54. The molecular weight excluding hydrogens is 264 g/mol. The quantitative estimate of drug-likeness (QED) is 0.905. The predicted octanol–water partition coefficient (Wildman–Crippen LogP) is 1.12. The average molecular weight is 288 g/mol. The molecule has 5 heteroatoms. The summed E-state index contributed by atoms with van der Waals surface area (Å²) in [6.45, 7) is 7.28. The third-order valence-electron chi connectivity index (χ3n) is 4.91. The van der Waals surface area contributed by atoms with Gasteiger partial charge in [0.15, 0.2) is 0 Å². The molecule has 1 unspecified atom stereocenters. The van der Waals surface area contributed by atoms with E-state index in [1.165, 1.54) is 0 Å². The van der Waals surface area contributed by atoms with Gasteiger partial charge >= 0.3 is 0 Å². The van der Waals surface area contributed by atoms with Gasteiger partial charge in [-0.15, -0.1) is 0 Å². The molecular formula is C16H24N4O. The van der Waals surface area contributed by atoms with Crippen LogP contribution in [-0.4, -0.2) is 55.1 Å². The second-order valence-corrected chi connectivity index (χ2v) is 6.03. The number of anilines is 1. The van der Waals surface area contributed by atoms with Gasteiger partial charge in [0, 0.05) is 38.9 Å². The Morgan fingerprint density at radius 2 is 2.14 bits per heavy atom. The standard InChI is InChI=1S/C16H24N4O/c1-2-16(6-8-17-13-16)15(21)20-11-9-19(10-12-20)14-5-3-4-7-18-14/h3-5,7,17H,2,6,8-13H2,1H3. The fraction of sp³-hybridized carbons (Fsp3) is 0.625. The van der Waals surface area contributed by atoms with E-state index in [0.29, 0.717) is 5.91 Å². The highest BCUT2D eigenvalue weighted by Crippen LogP contribution is 2.32. The summed E-state index contributed by atoms with van der Waals surface area (Å²) in [6.07, 6.45) is 3.73. The Labute approximate surface area is 126 Å². The molecule has 0 saturated carbocycles. The summed E-state index contributed by atoms with van der Waals surface area (Å²) in [6, 6.07) is 5.98. The molecule has 0 radical (unpaired) electrons. The molecule has 21 heavy (non-hydrogen) atoms. The van der Waals surface area contributed by atoms with Crippen LogP contribution in [0.4, 0.5) is 5.82 Å². The van der Waals surface area contributed by atoms with E-state index in [9.17, 15) is 4.79 Å². The Morgan fingerprint density at radius 1 is 1.33 bits per heavy atom. The normalized spacial score (nSPS) is 26.1. The van der Waals surface area contributed by atoms with Crippen molar-refractivity contribution in [1.29, 1.82) is 0 Å². The summed E-state index contributed by atoms with van der Waals surface area (Å²) in [5.41, 5.74) is -0.160. The van der Waals surface area contributed by atoms with Gasteiger partial charge in [-0.25, -0.2) is 4.98 Å². The first-order chi connectivity index (χ1) is 10.2. The summed E-state index contributed by atoms with van der Waals surface area (Å²) >= 11 is 0. The fourth-order valence-corrected chi connectivity index (χ4v) is 3.39. The predicted molar refractivity (Wildman–Crippen MR) is 83.2 cm³/mol. The van der Waals surface area contributed by atoms with Gasteiger partial charge in [0.05, 0.1) is 5.41 Å². The van der Waals surface area contributed by atoms with Crippen molar-refractivity contribution in [1.82, 2.24) is 15.2 Å². The van der Waals surface area contributed by atoms with E-state index in [1.54, 1.807) is 0 Å². The molecule has 0 bridgehead atoms. The van der Waals surface area contributed by atoms with Crippen LogP contribution in [0.2, 0.25) is 0 Å². The van der Waals surface area contributed by atoms with Gasteiger partial charge in [-0.2, -0.15) is 0 Å². The maximum Gasteiger partial charge on any atom is 0.230 e. The minimum atomic E-state index is -0.160. The Hall–Kier alpha value is -1.62. The molecule has 2 fully saturated rings. The van der Waals surface area contributed by atoms with E-state index in [4.69, 9.17) is 0 Å². The molecule has 1 aromatic heterocycles. The Bertz CT molecular complexity index is 476. The van der Waals surface area contributed by atoms with Crippen molar-refractivity contribution in [3.8, 4) is 0 Å². The fourth-order valence-electron chi connectivity index (χ4n) is 3.39. The third kappa shape index (κ3) is 2.75. The number of rotatable bonds is 3. The average Bonchev–Trinajstić information content (AvgIpc) is 3.05. The zero-order chi connectivity index (χ0) is 14.7. The van der Waals surface area contributed by atoms with E-state index in [2.05, 4.69) is 27.0 Å². The van der Waals surface area contributed by atoms with Gasteiger partial charge < -0.3 is 15.1 Å². The van der Waals surface area contributed by atoms with Crippen LogP contribution in [0.25, 0.3) is 0 Å². The first kappa shape index (κ1) is 14.3. The van der Waals surface area contributed by atoms with E-state index in [1.807, 2.05) is 24.4 Å².